The molecule has 0 N–H and O–H groups in total. The molecule has 0 saturated carbocycles. The van der Waals surface area contributed by atoms with Crippen molar-refractivity contribution in [2.24, 2.45) is 11.8 Å². The topological polar surface area (TPSA) is 57.7 Å². The number of hydrogen-bond acceptors (Lipinski definition) is 4. The van der Waals surface area contributed by atoms with E-state index in [1.807, 2.05) is 61.2 Å². The van der Waals surface area contributed by atoms with E-state index in [0.717, 1.165) is 11.3 Å². The van der Waals surface area contributed by atoms with Crippen LogP contribution < -0.4 is 4.90 Å². The maximum atomic E-state index is 13.7. The Kier molecular flexibility index (Phi) is 4.74. The van der Waals surface area contributed by atoms with Crippen molar-refractivity contribution in [3.8, 4) is 0 Å². The Balaban J connectivity index is 1.66. The molecule has 2 fully saturated rings. The Morgan fingerprint density at radius 1 is 1.06 bits per heavy atom. The van der Waals surface area contributed by atoms with Gasteiger partial charge in [0.05, 0.1) is 17.9 Å². The van der Waals surface area contributed by atoms with E-state index >= 15 is 0 Å². The highest BCUT2D eigenvalue weighted by Crippen LogP contribution is 2.49. The summed E-state index contributed by atoms with van der Waals surface area (Å²) in [5, 5.41) is 0.599. The molecule has 0 bridgehead atoms. The molecule has 0 aliphatic carbocycles. The van der Waals surface area contributed by atoms with Crippen LogP contribution >= 0.6 is 11.6 Å². The van der Waals surface area contributed by atoms with Gasteiger partial charge in [0.25, 0.3) is 0 Å². The van der Waals surface area contributed by atoms with Gasteiger partial charge >= 0.3 is 0 Å². The summed E-state index contributed by atoms with van der Waals surface area (Å²) in [6.07, 6.45) is 4.57. The number of carbonyl (C=O) groups is 3. The van der Waals surface area contributed by atoms with Crippen molar-refractivity contribution in [2.75, 3.05) is 4.90 Å². The highest BCUT2D eigenvalue weighted by atomic mass is 35.5. The number of ketones is 1. The van der Waals surface area contributed by atoms with Crippen molar-refractivity contribution in [2.45, 2.75) is 38.4 Å². The van der Waals surface area contributed by atoms with Crippen LogP contribution in [0.4, 0.5) is 5.69 Å². The first-order valence-electron chi connectivity index (χ1n) is 10.7. The first-order valence-corrected chi connectivity index (χ1v) is 11.0. The number of carbonyl (C=O) groups excluding carboxylic acids is 3. The molecular weight excluding hydrogens is 412 g/mol. The third kappa shape index (κ3) is 2.87. The third-order valence-corrected chi connectivity index (χ3v) is 7.10. The van der Waals surface area contributed by atoms with E-state index in [0.29, 0.717) is 17.0 Å². The number of halogens is 1. The van der Waals surface area contributed by atoms with Gasteiger partial charge in [-0.2, -0.15) is 0 Å². The number of likely N-dealkylation sites (tertiary alicyclic amines) is 1. The van der Waals surface area contributed by atoms with E-state index in [-0.39, 0.29) is 29.7 Å². The predicted octanol–water partition coefficient (Wildman–Crippen LogP) is 4.21. The smallest absolute Gasteiger partial charge is 0.236 e. The molecule has 6 heteroatoms. The van der Waals surface area contributed by atoms with Gasteiger partial charge in [-0.15, -0.1) is 0 Å². The number of Topliss-reactive ketones (excluding diaryl/α,β-unsaturated/α-hetero) is 1. The zero-order valence-corrected chi connectivity index (χ0v) is 18.1. The van der Waals surface area contributed by atoms with E-state index in [4.69, 9.17) is 11.6 Å². The Hall–Kier alpha value is -2.92. The van der Waals surface area contributed by atoms with Gasteiger partial charge in [0, 0.05) is 22.3 Å². The Labute approximate surface area is 186 Å². The fourth-order valence-corrected chi connectivity index (χ4v) is 5.44. The minimum Gasteiger partial charge on any atom is -0.352 e. The van der Waals surface area contributed by atoms with Crippen molar-refractivity contribution in [1.29, 1.82) is 0 Å². The normalized spacial score (nSPS) is 27.2. The van der Waals surface area contributed by atoms with Crippen molar-refractivity contribution >= 4 is 41.0 Å². The summed E-state index contributed by atoms with van der Waals surface area (Å²) >= 11 is 6.19. The lowest BCUT2D eigenvalue weighted by atomic mass is 9.86. The van der Waals surface area contributed by atoms with Crippen molar-refractivity contribution in [3.63, 3.8) is 0 Å². The molecule has 0 aromatic heterocycles. The monoisotopic (exact) mass is 434 g/mol. The first kappa shape index (κ1) is 20.0. The lowest BCUT2D eigenvalue weighted by molar-refractivity contribution is -0.142. The van der Waals surface area contributed by atoms with Crippen molar-refractivity contribution in [3.05, 3.63) is 70.8 Å². The number of rotatable bonds is 4. The molecule has 3 aliphatic rings. The lowest BCUT2D eigenvalue weighted by Gasteiger charge is -2.37. The molecule has 5 atom stereocenters. The third-order valence-electron chi connectivity index (χ3n) is 6.86. The summed E-state index contributed by atoms with van der Waals surface area (Å²) in [4.78, 5) is 44.1. The molecule has 5 rings (SSSR count). The van der Waals surface area contributed by atoms with Crippen LogP contribution in [0, 0.1) is 11.8 Å². The second-order valence-electron chi connectivity index (χ2n) is 8.49. The largest absolute Gasteiger partial charge is 0.352 e. The average molecular weight is 435 g/mol. The number of benzene rings is 2. The van der Waals surface area contributed by atoms with Crippen LogP contribution in [-0.2, 0) is 9.59 Å². The zero-order valence-electron chi connectivity index (χ0n) is 17.4. The number of imide groups is 1. The summed E-state index contributed by atoms with van der Waals surface area (Å²) in [6, 6.07) is 13.2. The molecule has 3 aliphatic heterocycles. The van der Waals surface area contributed by atoms with Gasteiger partial charge in [-0.1, -0.05) is 61.0 Å². The van der Waals surface area contributed by atoms with Crippen LogP contribution in [0.2, 0.25) is 5.02 Å². The standard InChI is InChI=1S/C25H23ClN2O3/c1-3-14(2)27-24(30)20-19-11-9-16-13-17(26)10-12-18(16)28(19)22(21(20)25(27)31)23(29)15-7-5-4-6-8-15/h4-14,19-22H,3H2,1-2H3/t14-,19+,20-,21-,22+/m1/s1. The number of anilines is 1. The van der Waals surface area contributed by atoms with E-state index in [1.54, 1.807) is 18.2 Å². The fourth-order valence-electron chi connectivity index (χ4n) is 5.26. The zero-order chi connectivity index (χ0) is 21.9. The minimum atomic E-state index is -0.743. The molecule has 0 radical (unpaired) electrons. The van der Waals surface area contributed by atoms with Gasteiger partial charge in [0.1, 0.15) is 6.04 Å². The summed E-state index contributed by atoms with van der Waals surface area (Å²) in [5.41, 5.74) is 2.25. The van der Waals surface area contributed by atoms with Crippen LogP contribution in [0.3, 0.4) is 0 Å². The van der Waals surface area contributed by atoms with E-state index < -0.39 is 17.9 Å². The van der Waals surface area contributed by atoms with Gasteiger partial charge in [-0.3, -0.25) is 19.3 Å². The lowest BCUT2D eigenvalue weighted by Crippen LogP contribution is -2.50. The maximum absolute atomic E-state index is 13.7. The summed E-state index contributed by atoms with van der Waals surface area (Å²) < 4.78 is 0. The molecule has 2 saturated heterocycles. The van der Waals surface area contributed by atoms with Gasteiger partial charge in [0.15, 0.2) is 5.78 Å². The van der Waals surface area contributed by atoms with Gasteiger partial charge in [-0.05, 0) is 37.1 Å². The molecule has 3 heterocycles. The quantitative estimate of drug-likeness (QED) is 0.534. The second kappa shape index (κ2) is 7.34. The van der Waals surface area contributed by atoms with E-state index in [9.17, 15) is 14.4 Å². The highest BCUT2D eigenvalue weighted by molar-refractivity contribution is 6.30. The number of hydrogen-bond donors (Lipinski definition) is 0. The van der Waals surface area contributed by atoms with Crippen LogP contribution in [0.15, 0.2) is 54.6 Å². The Morgan fingerprint density at radius 3 is 2.48 bits per heavy atom. The molecule has 2 aromatic carbocycles. The van der Waals surface area contributed by atoms with Crippen LogP contribution in [0.5, 0.6) is 0 Å². The molecular formula is C25H23ClN2O3. The van der Waals surface area contributed by atoms with Crippen molar-refractivity contribution in [1.82, 2.24) is 4.90 Å². The Bertz CT molecular complexity index is 1110. The molecule has 31 heavy (non-hydrogen) atoms. The molecule has 5 nitrogen and oxygen atoms in total. The maximum Gasteiger partial charge on any atom is 0.236 e. The van der Waals surface area contributed by atoms with E-state index in [2.05, 4.69) is 0 Å². The molecule has 0 unspecified atom stereocenters. The SMILES string of the molecule is CC[C@@H](C)N1C(=O)[C@@H]2[C@H](C1=O)[C@@H]1C=Cc3cc(Cl)ccc3N1[C@@H]2C(=O)c1ccccc1. The van der Waals surface area contributed by atoms with Gasteiger partial charge in [0.2, 0.25) is 11.8 Å². The number of amides is 2. The van der Waals surface area contributed by atoms with Crippen LogP contribution in [0.1, 0.15) is 36.2 Å². The molecule has 0 spiro atoms. The summed E-state index contributed by atoms with van der Waals surface area (Å²) in [7, 11) is 0. The number of nitrogens with zero attached hydrogens (tertiary/aromatic N) is 2. The predicted molar refractivity (Wildman–Crippen MR) is 120 cm³/mol. The fraction of sp³-hybridized carbons (Fsp3) is 0.320. The van der Waals surface area contributed by atoms with Crippen LogP contribution in [-0.4, -0.2) is 40.6 Å². The summed E-state index contributed by atoms with van der Waals surface area (Å²) in [6.45, 7) is 3.84. The first-order chi connectivity index (χ1) is 14.9. The van der Waals surface area contributed by atoms with Gasteiger partial charge < -0.3 is 4.90 Å². The summed E-state index contributed by atoms with van der Waals surface area (Å²) in [5.74, 6) is -1.83. The highest BCUT2D eigenvalue weighted by Gasteiger charge is 2.64. The van der Waals surface area contributed by atoms with Crippen LogP contribution in [0.25, 0.3) is 6.08 Å². The molecule has 2 amide bonds. The molecule has 2 aromatic rings. The minimum absolute atomic E-state index is 0.138. The van der Waals surface area contributed by atoms with E-state index in [1.165, 1.54) is 4.90 Å². The molecule has 158 valence electrons. The number of fused-ring (bicyclic) bond motifs is 5. The Morgan fingerprint density at radius 2 is 1.77 bits per heavy atom. The van der Waals surface area contributed by atoms with Crippen molar-refractivity contribution < 1.29 is 14.4 Å². The second-order valence-corrected chi connectivity index (χ2v) is 8.93. The van der Waals surface area contributed by atoms with Gasteiger partial charge in [-0.25, -0.2) is 0 Å². The average Bonchev–Trinajstić information content (AvgIpc) is 3.26.